The standard InChI is InChI=1S/C10H7Cl3O4S/c11-4-6(12)5-18(16,17)7-1-2-9(13)8(3-7)10(14)15/h1-4H,5H2,(H,14,15). The molecule has 0 spiro atoms. The van der Waals surface area contributed by atoms with Crippen LogP contribution in [-0.2, 0) is 9.84 Å². The van der Waals surface area contributed by atoms with Crippen molar-refractivity contribution in [2.45, 2.75) is 4.90 Å². The molecule has 0 heterocycles. The first-order valence-corrected chi connectivity index (χ1v) is 7.32. The van der Waals surface area contributed by atoms with Gasteiger partial charge in [-0.25, -0.2) is 13.2 Å². The first-order valence-electron chi connectivity index (χ1n) is 4.48. The van der Waals surface area contributed by atoms with E-state index in [0.29, 0.717) is 0 Å². The van der Waals surface area contributed by atoms with Gasteiger partial charge in [-0.2, -0.15) is 0 Å². The maximum Gasteiger partial charge on any atom is 0.337 e. The van der Waals surface area contributed by atoms with Crippen molar-refractivity contribution in [1.82, 2.24) is 0 Å². The Hall–Kier alpha value is -0.750. The fraction of sp³-hybridized carbons (Fsp3) is 0.100. The van der Waals surface area contributed by atoms with Crippen molar-refractivity contribution in [3.05, 3.63) is 39.4 Å². The van der Waals surface area contributed by atoms with Crippen LogP contribution in [0.1, 0.15) is 10.4 Å². The van der Waals surface area contributed by atoms with Gasteiger partial charge in [0.1, 0.15) is 0 Å². The molecule has 0 aromatic heterocycles. The molecule has 1 aromatic carbocycles. The van der Waals surface area contributed by atoms with Crippen LogP contribution in [0.5, 0.6) is 0 Å². The van der Waals surface area contributed by atoms with Crippen LogP contribution in [0.15, 0.2) is 33.7 Å². The molecule has 1 aromatic rings. The smallest absolute Gasteiger partial charge is 0.337 e. The molecule has 0 aliphatic heterocycles. The summed E-state index contributed by atoms with van der Waals surface area (Å²) in [5.41, 5.74) is 0.649. The summed E-state index contributed by atoms with van der Waals surface area (Å²) in [5.74, 6) is -1.81. The highest BCUT2D eigenvalue weighted by Gasteiger charge is 2.19. The normalized spacial score (nSPS) is 12.5. The quantitative estimate of drug-likeness (QED) is 0.921. The minimum atomic E-state index is -3.75. The Morgan fingerprint density at radius 3 is 2.50 bits per heavy atom. The van der Waals surface area contributed by atoms with Gasteiger partial charge >= 0.3 is 5.97 Å². The van der Waals surface area contributed by atoms with E-state index in [9.17, 15) is 13.2 Å². The fourth-order valence-electron chi connectivity index (χ4n) is 1.16. The van der Waals surface area contributed by atoms with Crippen LogP contribution in [0.25, 0.3) is 0 Å². The molecule has 0 unspecified atom stereocenters. The topological polar surface area (TPSA) is 71.4 Å². The number of hydrogen-bond donors (Lipinski definition) is 1. The van der Waals surface area contributed by atoms with E-state index >= 15 is 0 Å². The molecule has 98 valence electrons. The molecule has 0 saturated heterocycles. The summed E-state index contributed by atoms with van der Waals surface area (Å²) < 4.78 is 23.7. The Balaban J connectivity index is 3.26. The molecule has 0 radical (unpaired) electrons. The van der Waals surface area contributed by atoms with Crippen molar-refractivity contribution in [2.75, 3.05) is 5.75 Å². The number of carboxylic acid groups (broad SMARTS) is 1. The number of aromatic carboxylic acids is 1. The molecule has 4 nitrogen and oxygen atoms in total. The monoisotopic (exact) mass is 328 g/mol. The molecule has 0 aliphatic rings. The van der Waals surface area contributed by atoms with E-state index < -0.39 is 21.6 Å². The number of halogens is 3. The molecule has 0 saturated carbocycles. The second-order valence-corrected chi connectivity index (χ2v) is 6.36. The number of rotatable bonds is 4. The lowest BCUT2D eigenvalue weighted by molar-refractivity contribution is 0.0697. The predicted octanol–water partition coefficient (Wildman–Crippen LogP) is 3.13. The molecule has 18 heavy (non-hydrogen) atoms. The van der Waals surface area contributed by atoms with Crippen molar-refractivity contribution in [3.63, 3.8) is 0 Å². The molecule has 1 N–H and O–H groups in total. The van der Waals surface area contributed by atoms with Gasteiger partial charge in [-0.3, -0.25) is 0 Å². The minimum absolute atomic E-state index is 0.0413. The summed E-state index contributed by atoms with van der Waals surface area (Å²) in [4.78, 5) is 10.7. The molecule has 0 aliphatic carbocycles. The van der Waals surface area contributed by atoms with Crippen LogP contribution >= 0.6 is 34.8 Å². The Morgan fingerprint density at radius 2 is 2.00 bits per heavy atom. The summed E-state index contributed by atoms with van der Waals surface area (Å²) >= 11 is 16.5. The summed E-state index contributed by atoms with van der Waals surface area (Å²) in [6.07, 6.45) is 0. The number of carboxylic acids is 1. The first kappa shape index (κ1) is 15.3. The zero-order chi connectivity index (χ0) is 13.9. The number of carbonyl (C=O) groups is 1. The van der Waals surface area contributed by atoms with E-state index in [1.54, 1.807) is 0 Å². The predicted molar refractivity (Wildman–Crippen MR) is 70.3 cm³/mol. The molecule has 8 heteroatoms. The van der Waals surface area contributed by atoms with Crippen LogP contribution in [-0.4, -0.2) is 25.2 Å². The van der Waals surface area contributed by atoms with Crippen molar-refractivity contribution >= 4 is 50.6 Å². The summed E-state index contributed by atoms with van der Waals surface area (Å²) in [5, 5.41) is 8.74. The van der Waals surface area contributed by atoms with Crippen molar-refractivity contribution < 1.29 is 18.3 Å². The molecule has 0 atom stereocenters. The second kappa shape index (κ2) is 5.93. The lowest BCUT2D eigenvalue weighted by atomic mass is 10.2. The highest BCUT2D eigenvalue weighted by Crippen LogP contribution is 2.23. The zero-order valence-electron chi connectivity index (χ0n) is 8.73. The Bertz CT molecular complexity index is 608. The van der Waals surface area contributed by atoms with E-state index in [-0.39, 0.29) is 20.5 Å². The van der Waals surface area contributed by atoms with Gasteiger partial charge in [0.05, 0.1) is 21.2 Å². The summed E-state index contributed by atoms with van der Waals surface area (Å²) in [6.45, 7) is 0. The molecule has 0 amide bonds. The third kappa shape index (κ3) is 3.62. The first-order chi connectivity index (χ1) is 8.27. The highest BCUT2D eigenvalue weighted by atomic mass is 35.5. The van der Waals surface area contributed by atoms with Crippen LogP contribution in [0.3, 0.4) is 0 Å². The SMILES string of the molecule is O=C(O)c1cc(S(=O)(=O)CC(Cl)=CCl)ccc1Cl. The average molecular weight is 330 g/mol. The van der Waals surface area contributed by atoms with Gasteiger partial charge in [0, 0.05) is 10.6 Å². The molecular formula is C10H7Cl3O4S. The maximum atomic E-state index is 11.9. The van der Waals surface area contributed by atoms with Crippen LogP contribution in [0, 0.1) is 0 Å². The van der Waals surface area contributed by atoms with Crippen molar-refractivity contribution in [2.24, 2.45) is 0 Å². The largest absolute Gasteiger partial charge is 0.478 e. The van der Waals surface area contributed by atoms with Gasteiger partial charge in [-0.05, 0) is 18.2 Å². The van der Waals surface area contributed by atoms with E-state index in [2.05, 4.69) is 0 Å². The Morgan fingerprint density at radius 1 is 1.39 bits per heavy atom. The third-order valence-corrected chi connectivity index (χ3v) is 4.74. The van der Waals surface area contributed by atoms with Gasteiger partial charge in [-0.1, -0.05) is 34.8 Å². The van der Waals surface area contributed by atoms with Crippen LogP contribution in [0.4, 0.5) is 0 Å². The minimum Gasteiger partial charge on any atom is -0.478 e. The van der Waals surface area contributed by atoms with Crippen LogP contribution < -0.4 is 0 Å². The number of sulfone groups is 1. The lowest BCUT2D eigenvalue weighted by Gasteiger charge is -2.05. The van der Waals surface area contributed by atoms with Crippen molar-refractivity contribution in [3.8, 4) is 0 Å². The second-order valence-electron chi connectivity index (χ2n) is 3.26. The molecule has 1 rings (SSSR count). The summed E-state index contributed by atoms with van der Waals surface area (Å²) in [6, 6.07) is 3.40. The van der Waals surface area contributed by atoms with E-state index in [0.717, 1.165) is 11.6 Å². The number of hydrogen-bond acceptors (Lipinski definition) is 3. The van der Waals surface area contributed by atoms with Gasteiger partial charge < -0.3 is 5.11 Å². The fourth-order valence-corrected chi connectivity index (χ4v) is 3.14. The molecular weight excluding hydrogens is 323 g/mol. The molecule has 0 bridgehead atoms. The Labute approximate surface area is 119 Å². The average Bonchev–Trinajstić information content (AvgIpc) is 2.28. The third-order valence-electron chi connectivity index (χ3n) is 1.97. The van der Waals surface area contributed by atoms with Gasteiger partial charge in [0.15, 0.2) is 9.84 Å². The maximum absolute atomic E-state index is 11.9. The van der Waals surface area contributed by atoms with Gasteiger partial charge in [0.2, 0.25) is 0 Å². The van der Waals surface area contributed by atoms with E-state index in [1.165, 1.54) is 12.1 Å². The van der Waals surface area contributed by atoms with E-state index in [1.807, 2.05) is 0 Å². The zero-order valence-corrected chi connectivity index (χ0v) is 11.8. The number of benzene rings is 1. The molecule has 0 fully saturated rings. The van der Waals surface area contributed by atoms with Crippen LogP contribution in [0.2, 0.25) is 5.02 Å². The summed E-state index contributed by atoms with van der Waals surface area (Å²) in [7, 11) is -3.75. The van der Waals surface area contributed by atoms with Gasteiger partial charge in [0.25, 0.3) is 0 Å². The highest BCUT2D eigenvalue weighted by molar-refractivity contribution is 7.91. The van der Waals surface area contributed by atoms with E-state index in [4.69, 9.17) is 39.9 Å². The van der Waals surface area contributed by atoms with Crippen molar-refractivity contribution in [1.29, 1.82) is 0 Å². The van der Waals surface area contributed by atoms with Gasteiger partial charge in [-0.15, -0.1) is 0 Å². The lowest BCUT2D eigenvalue weighted by Crippen LogP contribution is -2.08. The Kier molecular flexibility index (Phi) is 5.04.